The fraction of sp³-hybridized carbons (Fsp3) is 0.143. The van der Waals surface area contributed by atoms with Gasteiger partial charge in [0.05, 0.1) is 19.1 Å². The van der Waals surface area contributed by atoms with Crippen molar-refractivity contribution >= 4 is 58.1 Å². The standard InChI is InChI=1S/C21H21N9O2S3/c1-32-16-9-5-8-15(10-16)11-23-25-18-26-28-20(30(18)22)33-13-17(31)24-19-27-29-21(35-19)34-12-14-6-3-2-4-7-14/h2-11H,12-13,22H2,1H3,(H,25,26)(H,24,27,31)/b23-11+. The monoisotopic (exact) mass is 527 g/mol. The van der Waals surface area contributed by atoms with Gasteiger partial charge in [-0.25, -0.2) is 10.1 Å². The van der Waals surface area contributed by atoms with Crippen LogP contribution in [0.2, 0.25) is 0 Å². The van der Waals surface area contributed by atoms with Gasteiger partial charge in [0.1, 0.15) is 5.75 Å². The molecule has 2 heterocycles. The number of hydrazone groups is 1. The van der Waals surface area contributed by atoms with E-state index in [1.165, 1.54) is 21.6 Å². The van der Waals surface area contributed by atoms with Crippen LogP contribution in [-0.4, -0.2) is 50.1 Å². The molecular weight excluding hydrogens is 506 g/mol. The minimum absolute atomic E-state index is 0.0779. The largest absolute Gasteiger partial charge is 0.497 e. The Balaban J connectivity index is 1.23. The average Bonchev–Trinajstić information content (AvgIpc) is 3.48. The van der Waals surface area contributed by atoms with Crippen molar-refractivity contribution in [3.05, 3.63) is 65.7 Å². The second-order valence-corrected chi connectivity index (χ2v) is 9.95. The summed E-state index contributed by atoms with van der Waals surface area (Å²) in [6.45, 7) is 0. The first-order valence-corrected chi connectivity index (χ1v) is 13.0. The summed E-state index contributed by atoms with van der Waals surface area (Å²) >= 11 is 4.04. The van der Waals surface area contributed by atoms with Gasteiger partial charge in [-0.15, -0.1) is 20.4 Å². The topological polar surface area (TPSA) is 145 Å². The number of nitrogens with zero attached hydrogens (tertiary/aromatic N) is 6. The number of methoxy groups -OCH3 is 1. The Morgan fingerprint density at radius 3 is 2.83 bits per heavy atom. The number of carbonyl (C=O) groups is 1. The zero-order chi connectivity index (χ0) is 24.5. The molecule has 0 aliphatic carbocycles. The lowest BCUT2D eigenvalue weighted by Crippen LogP contribution is -2.16. The fourth-order valence-corrected chi connectivity index (χ4v) is 5.04. The van der Waals surface area contributed by atoms with Crippen molar-refractivity contribution in [2.24, 2.45) is 5.10 Å². The van der Waals surface area contributed by atoms with Gasteiger partial charge in [0.25, 0.3) is 5.95 Å². The molecule has 4 N–H and O–H groups in total. The third kappa shape index (κ3) is 7.18. The highest BCUT2D eigenvalue weighted by Crippen LogP contribution is 2.28. The molecule has 180 valence electrons. The highest BCUT2D eigenvalue weighted by molar-refractivity contribution is 8.00. The predicted octanol–water partition coefficient (Wildman–Crippen LogP) is 3.32. The molecule has 2 aromatic carbocycles. The van der Waals surface area contributed by atoms with E-state index in [2.05, 4.69) is 48.4 Å². The first-order chi connectivity index (χ1) is 17.1. The van der Waals surface area contributed by atoms with E-state index >= 15 is 0 Å². The molecular formula is C21H21N9O2S3. The average molecular weight is 528 g/mol. The van der Waals surface area contributed by atoms with Crippen LogP contribution < -0.4 is 21.3 Å². The Morgan fingerprint density at radius 2 is 2.00 bits per heavy atom. The number of nitrogen functional groups attached to an aromatic ring is 1. The lowest BCUT2D eigenvalue weighted by molar-refractivity contribution is -0.113. The third-order valence-electron chi connectivity index (χ3n) is 4.33. The lowest BCUT2D eigenvalue weighted by Gasteiger charge is -2.03. The number of nitrogens with two attached hydrogens (primary N) is 1. The van der Waals surface area contributed by atoms with Crippen molar-refractivity contribution in [1.29, 1.82) is 0 Å². The summed E-state index contributed by atoms with van der Waals surface area (Å²) in [6, 6.07) is 17.5. The van der Waals surface area contributed by atoms with Crippen molar-refractivity contribution in [3.63, 3.8) is 0 Å². The Kier molecular flexibility index (Phi) is 8.53. The summed E-state index contributed by atoms with van der Waals surface area (Å²) in [5.74, 6) is 7.58. The van der Waals surface area contributed by atoms with Crippen LogP contribution in [0.5, 0.6) is 5.75 Å². The second-order valence-electron chi connectivity index (χ2n) is 6.81. The molecule has 0 fully saturated rings. The summed E-state index contributed by atoms with van der Waals surface area (Å²) in [5, 5.41) is 23.7. The van der Waals surface area contributed by atoms with Gasteiger partial charge in [-0.1, -0.05) is 77.3 Å². The summed E-state index contributed by atoms with van der Waals surface area (Å²) < 4.78 is 7.19. The lowest BCUT2D eigenvalue weighted by atomic mass is 10.2. The molecule has 2 aromatic heterocycles. The van der Waals surface area contributed by atoms with E-state index in [9.17, 15) is 4.79 Å². The summed E-state index contributed by atoms with van der Waals surface area (Å²) in [7, 11) is 1.60. The third-order valence-corrected chi connectivity index (χ3v) is 7.31. The van der Waals surface area contributed by atoms with Crippen LogP contribution in [0.1, 0.15) is 11.1 Å². The maximum Gasteiger partial charge on any atom is 0.264 e. The van der Waals surface area contributed by atoms with Gasteiger partial charge in [-0.3, -0.25) is 10.1 Å². The molecule has 0 aliphatic heterocycles. The SMILES string of the molecule is COc1cccc(/C=N/Nc2nnc(SCC(=O)Nc3nnc(SCc4ccccc4)s3)n2N)c1. The molecule has 0 bridgehead atoms. The molecule has 0 atom stereocenters. The van der Waals surface area contributed by atoms with E-state index in [0.717, 1.165) is 33.2 Å². The van der Waals surface area contributed by atoms with E-state index in [1.54, 1.807) is 25.1 Å². The van der Waals surface area contributed by atoms with Crippen molar-refractivity contribution in [2.45, 2.75) is 15.2 Å². The molecule has 35 heavy (non-hydrogen) atoms. The smallest absolute Gasteiger partial charge is 0.264 e. The molecule has 0 spiro atoms. The molecule has 0 radical (unpaired) electrons. The fourth-order valence-electron chi connectivity index (χ4n) is 2.66. The number of benzene rings is 2. The van der Waals surface area contributed by atoms with Gasteiger partial charge in [0, 0.05) is 5.75 Å². The zero-order valence-electron chi connectivity index (χ0n) is 18.5. The second kappa shape index (κ2) is 12.2. The van der Waals surface area contributed by atoms with Gasteiger partial charge in [-0.2, -0.15) is 5.10 Å². The molecule has 1 amide bonds. The molecule has 11 nitrogen and oxygen atoms in total. The van der Waals surface area contributed by atoms with Crippen LogP contribution in [0.4, 0.5) is 11.1 Å². The summed E-state index contributed by atoms with van der Waals surface area (Å²) in [4.78, 5) is 12.3. The summed E-state index contributed by atoms with van der Waals surface area (Å²) in [5.41, 5.74) is 4.77. The van der Waals surface area contributed by atoms with Crippen LogP contribution in [0, 0.1) is 0 Å². The number of rotatable bonds is 11. The van der Waals surface area contributed by atoms with Crippen LogP contribution in [-0.2, 0) is 10.5 Å². The number of thioether (sulfide) groups is 2. The summed E-state index contributed by atoms with van der Waals surface area (Å²) in [6.07, 6.45) is 1.60. The van der Waals surface area contributed by atoms with Crippen molar-refractivity contribution in [1.82, 2.24) is 25.1 Å². The number of hydrogen-bond donors (Lipinski definition) is 3. The van der Waals surface area contributed by atoms with E-state index in [1.807, 2.05) is 42.5 Å². The molecule has 0 saturated carbocycles. The molecule has 4 rings (SSSR count). The Hall–Kier alpha value is -3.62. The van der Waals surface area contributed by atoms with Gasteiger partial charge < -0.3 is 10.6 Å². The van der Waals surface area contributed by atoms with E-state index in [4.69, 9.17) is 10.6 Å². The Bertz CT molecular complexity index is 1290. The van der Waals surface area contributed by atoms with Crippen molar-refractivity contribution < 1.29 is 9.53 Å². The minimum Gasteiger partial charge on any atom is -0.497 e. The van der Waals surface area contributed by atoms with Crippen LogP contribution in [0.3, 0.4) is 0 Å². The number of aromatic nitrogens is 5. The quantitative estimate of drug-likeness (QED) is 0.0873. The number of nitrogens with one attached hydrogen (secondary N) is 2. The Morgan fingerprint density at radius 1 is 1.14 bits per heavy atom. The number of ether oxygens (including phenoxy) is 1. The maximum absolute atomic E-state index is 12.3. The predicted molar refractivity (Wildman–Crippen MR) is 140 cm³/mol. The van der Waals surface area contributed by atoms with Crippen LogP contribution in [0.15, 0.2) is 69.2 Å². The maximum atomic E-state index is 12.3. The van der Waals surface area contributed by atoms with Crippen LogP contribution >= 0.6 is 34.9 Å². The molecule has 4 aromatic rings. The minimum atomic E-state index is -0.251. The van der Waals surface area contributed by atoms with Gasteiger partial charge in [0.15, 0.2) is 4.34 Å². The number of carbonyl (C=O) groups excluding carboxylic acids is 1. The molecule has 0 unspecified atom stereocenters. The zero-order valence-corrected chi connectivity index (χ0v) is 20.9. The molecule has 0 saturated heterocycles. The number of hydrogen-bond acceptors (Lipinski definition) is 12. The van der Waals surface area contributed by atoms with Crippen LogP contribution in [0.25, 0.3) is 0 Å². The highest BCUT2D eigenvalue weighted by Gasteiger charge is 2.14. The van der Waals surface area contributed by atoms with Crippen molar-refractivity contribution in [3.8, 4) is 5.75 Å². The first kappa shape index (κ1) is 24.5. The highest BCUT2D eigenvalue weighted by atomic mass is 32.2. The van der Waals surface area contributed by atoms with Gasteiger partial charge in [-0.05, 0) is 23.3 Å². The molecule has 0 aliphatic rings. The number of anilines is 2. The van der Waals surface area contributed by atoms with E-state index < -0.39 is 0 Å². The van der Waals surface area contributed by atoms with Gasteiger partial charge in [0.2, 0.25) is 16.2 Å². The Labute approximate surface area is 213 Å². The first-order valence-electron chi connectivity index (χ1n) is 10.2. The van der Waals surface area contributed by atoms with Gasteiger partial charge >= 0.3 is 0 Å². The normalized spacial score (nSPS) is 11.0. The molecule has 14 heteroatoms. The van der Waals surface area contributed by atoms with Crippen molar-refractivity contribution in [2.75, 3.05) is 29.4 Å². The van der Waals surface area contributed by atoms with E-state index in [0.29, 0.717) is 10.3 Å². The number of amides is 1. The van der Waals surface area contributed by atoms with E-state index in [-0.39, 0.29) is 17.6 Å².